The monoisotopic (exact) mass is 314 g/mol. The number of aromatic nitrogens is 1. The van der Waals surface area contributed by atoms with Crippen molar-refractivity contribution in [2.75, 3.05) is 41.8 Å². The standard InChI is InChI=1S/C16H18N4OS/c22-16(19-14-2-1-7-17-12-14)18-13-3-5-15(6-4-13)20-8-10-21-11-9-20/h1-7,12H,8-11H2,(H2,18,19,22). The fraction of sp³-hybridized carbons (Fsp3) is 0.250. The molecule has 0 bridgehead atoms. The average molecular weight is 314 g/mol. The third kappa shape index (κ3) is 3.93. The third-order valence-corrected chi connectivity index (χ3v) is 3.62. The summed E-state index contributed by atoms with van der Waals surface area (Å²) in [6.07, 6.45) is 3.46. The van der Waals surface area contributed by atoms with Crippen LogP contribution in [0.2, 0.25) is 0 Å². The van der Waals surface area contributed by atoms with Crippen LogP contribution in [-0.4, -0.2) is 36.4 Å². The zero-order valence-electron chi connectivity index (χ0n) is 12.2. The normalized spacial score (nSPS) is 14.5. The van der Waals surface area contributed by atoms with Crippen LogP contribution in [0.15, 0.2) is 48.8 Å². The largest absolute Gasteiger partial charge is 0.378 e. The molecule has 1 aromatic heterocycles. The van der Waals surface area contributed by atoms with E-state index in [2.05, 4.69) is 32.7 Å². The minimum absolute atomic E-state index is 0.548. The van der Waals surface area contributed by atoms with Crippen LogP contribution in [0.3, 0.4) is 0 Å². The molecular formula is C16H18N4OS. The van der Waals surface area contributed by atoms with E-state index < -0.39 is 0 Å². The zero-order chi connectivity index (χ0) is 15.2. The molecule has 1 aliphatic heterocycles. The second-order valence-electron chi connectivity index (χ2n) is 4.97. The van der Waals surface area contributed by atoms with Crippen LogP contribution in [0.4, 0.5) is 17.1 Å². The summed E-state index contributed by atoms with van der Waals surface area (Å²) in [7, 11) is 0. The van der Waals surface area contributed by atoms with Crippen LogP contribution < -0.4 is 15.5 Å². The summed E-state index contributed by atoms with van der Waals surface area (Å²) in [5, 5.41) is 6.82. The van der Waals surface area contributed by atoms with Crippen LogP contribution in [0.25, 0.3) is 0 Å². The lowest BCUT2D eigenvalue weighted by atomic mass is 10.2. The van der Waals surface area contributed by atoms with Crippen molar-refractivity contribution in [1.29, 1.82) is 0 Å². The third-order valence-electron chi connectivity index (χ3n) is 3.42. The van der Waals surface area contributed by atoms with Crippen LogP contribution in [0.5, 0.6) is 0 Å². The summed E-state index contributed by atoms with van der Waals surface area (Å²) in [5.74, 6) is 0. The highest BCUT2D eigenvalue weighted by molar-refractivity contribution is 7.80. The van der Waals surface area contributed by atoms with E-state index in [-0.39, 0.29) is 0 Å². The number of thiocarbonyl (C=S) groups is 1. The van der Waals surface area contributed by atoms with Crippen LogP contribution in [0, 0.1) is 0 Å². The van der Waals surface area contributed by atoms with Crippen molar-refractivity contribution in [3.05, 3.63) is 48.8 Å². The number of morpholine rings is 1. The topological polar surface area (TPSA) is 49.4 Å². The number of hydrogen-bond donors (Lipinski definition) is 2. The molecule has 2 aromatic rings. The molecule has 1 fully saturated rings. The lowest BCUT2D eigenvalue weighted by Crippen LogP contribution is -2.36. The van der Waals surface area contributed by atoms with Crippen molar-refractivity contribution >= 4 is 34.4 Å². The molecule has 0 aliphatic carbocycles. The van der Waals surface area contributed by atoms with Gasteiger partial charge >= 0.3 is 0 Å². The molecule has 22 heavy (non-hydrogen) atoms. The fourth-order valence-electron chi connectivity index (χ4n) is 2.31. The van der Waals surface area contributed by atoms with Gasteiger partial charge in [-0.3, -0.25) is 4.98 Å². The smallest absolute Gasteiger partial charge is 0.175 e. The van der Waals surface area contributed by atoms with E-state index in [0.717, 1.165) is 37.7 Å². The van der Waals surface area contributed by atoms with E-state index in [9.17, 15) is 0 Å². The van der Waals surface area contributed by atoms with Gasteiger partial charge in [0.2, 0.25) is 0 Å². The molecule has 1 aromatic carbocycles. The number of nitrogens with zero attached hydrogens (tertiary/aromatic N) is 2. The molecule has 1 aliphatic rings. The molecule has 0 spiro atoms. The summed E-state index contributed by atoms with van der Waals surface area (Å²) in [6, 6.07) is 12.0. The van der Waals surface area contributed by atoms with Gasteiger partial charge in [0.15, 0.2) is 5.11 Å². The van der Waals surface area contributed by atoms with Crippen LogP contribution in [-0.2, 0) is 4.74 Å². The zero-order valence-corrected chi connectivity index (χ0v) is 13.0. The molecule has 114 valence electrons. The van der Waals surface area contributed by atoms with Gasteiger partial charge in [-0.1, -0.05) is 0 Å². The Bertz CT molecular complexity index is 612. The number of anilines is 3. The lowest BCUT2D eigenvalue weighted by Gasteiger charge is -2.29. The molecule has 1 saturated heterocycles. The van der Waals surface area contributed by atoms with Gasteiger partial charge in [-0.2, -0.15) is 0 Å². The first-order valence-electron chi connectivity index (χ1n) is 7.22. The number of rotatable bonds is 3. The van der Waals surface area contributed by atoms with Gasteiger partial charge < -0.3 is 20.3 Å². The number of ether oxygens (including phenoxy) is 1. The van der Waals surface area contributed by atoms with E-state index in [1.807, 2.05) is 24.3 Å². The van der Waals surface area contributed by atoms with Crippen LogP contribution in [0.1, 0.15) is 0 Å². The van der Waals surface area contributed by atoms with Crippen molar-refractivity contribution in [2.45, 2.75) is 0 Å². The molecule has 2 N–H and O–H groups in total. The van der Waals surface area contributed by atoms with Gasteiger partial charge in [-0.05, 0) is 48.6 Å². The quantitative estimate of drug-likeness (QED) is 0.850. The number of benzene rings is 1. The van der Waals surface area contributed by atoms with Gasteiger partial charge in [-0.25, -0.2) is 0 Å². The highest BCUT2D eigenvalue weighted by Crippen LogP contribution is 2.19. The fourth-order valence-corrected chi connectivity index (χ4v) is 2.54. The Labute approximate surface area is 135 Å². The van der Waals surface area contributed by atoms with E-state index in [0.29, 0.717) is 5.11 Å². The first kappa shape index (κ1) is 14.7. The van der Waals surface area contributed by atoms with E-state index in [1.54, 1.807) is 12.4 Å². The molecule has 0 saturated carbocycles. The van der Waals surface area contributed by atoms with E-state index >= 15 is 0 Å². The van der Waals surface area contributed by atoms with E-state index in [4.69, 9.17) is 17.0 Å². The average Bonchev–Trinajstić information content (AvgIpc) is 2.57. The SMILES string of the molecule is S=C(Nc1ccc(N2CCOCC2)cc1)Nc1cccnc1. The van der Waals surface area contributed by atoms with E-state index in [1.165, 1.54) is 5.69 Å². The Kier molecular flexibility index (Phi) is 4.82. The maximum absolute atomic E-state index is 5.37. The molecule has 0 atom stereocenters. The molecule has 0 amide bonds. The van der Waals surface area contributed by atoms with Crippen molar-refractivity contribution in [3.63, 3.8) is 0 Å². The predicted molar refractivity (Wildman–Crippen MR) is 93.6 cm³/mol. The molecule has 2 heterocycles. The van der Waals surface area contributed by atoms with Gasteiger partial charge in [0.05, 0.1) is 25.1 Å². The van der Waals surface area contributed by atoms with Gasteiger partial charge in [0.1, 0.15) is 0 Å². The van der Waals surface area contributed by atoms with Gasteiger partial charge in [0, 0.05) is 30.7 Å². The van der Waals surface area contributed by atoms with Crippen molar-refractivity contribution in [1.82, 2.24) is 4.98 Å². The maximum Gasteiger partial charge on any atom is 0.175 e. The van der Waals surface area contributed by atoms with Gasteiger partial charge in [0.25, 0.3) is 0 Å². The molecule has 0 unspecified atom stereocenters. The summed E-state index contributed by atoms with van der Waals surface area (Å²) >= 11 is 5.30. The summed E-state index contributed by atoms with van der Waals surface area (Å²) < 4.78 is 5.37. The minimum Gasteiger partial charge on any atom is -0.378 e. The first-order chi connectivity index (χ1) is 10.8. The number of hydrogen-bond acceptors (Lipinski definition) is 4. The predicted octanol–water partition coefficient (Wildman–Crippen LogP) is 2.73. The Hall–Kier alpha value is -2.18. The Morgan fingerprint density at radius 2 is 1.77 bits per heavy atom. The van der Waals surface area contributed by atoms with Gasteiger partial charge in [-0.15, -0.1) is 0 Å². The van der Waals surface area contributed by atoms with Crippen molar-refractivity contribution in [3.8, 4) is 0 Å². The molecule has 0 radical (unpaired) electrons. The summed E-state index contributed by atoms with van der Waals surface area (Å²) in [6.45, 7) is 3.46. The Morgan fingerprint density at radius 1 is 1.05 bits per heavy atom. The summed E-state index contributed by atoms with van der Waals surface area (Å²) in [4.78, 5) is 6.36. The Morgan fingerprint density at radius 3 is 2.45 bits per heavy atom. The molecular weight excluding hydrogens is 296 g/mol. The minimum atomic E-state index is 0.548. The molecule has 3 rings (SSSR count). The maximum atomic E-state index is 5.37. The highest BCUT2D eigenvalue weighted by Gasteiger charge is 2.10. The van der Waals surface area contributed by atoms with Crippen LogP contribution >= 0.6 is 12.2 Å². The van der Waals surface area contributed by atoms with Crippen molar-refractivity contribution < 1.29 is 4.74 Å². The second kappa shape index (κ2) is 7.20. The van der Waals surface area contributed by atoms with Crippen molar-refractivity contribution in [2.24, 2.45) is 0 Å². The summed E-state index contributed by atoms with van der Waals surface area (Å²) in [5.41, 5.74) is 3.03. The second-order valence-corrected chi connectivity index (χ2v) is 5.38. The highest BCUT2D eigenvalue weighted by atomic mass is 32.1. The first-order valence-corrected chi connectivity index (χ1v) is 7.63. The number of pyridine rings is 1. The molecule has 5 nitrogen and oxygen atoms in total. The Balaban J connectivity index is 1.57. The number of nitrogens with one attached hydrogen (secondary N) is 2. The molecule has 6 heteroatoms. The lowest BCUT2D eigenvalue weighted by molar-refractivity contribution is 0.122.